The number of amides is 1. The maximum Gasteiger partial charge on any atom is 0.326 e. The third-order valence-corrected chi connectivity index (χ3v) is 4.78. The summed E-state index contributed by atoms with van der Waals surface area (Å²) < 4.78 is 5.37. The summed E-state index contributed by atoms with van der Waals surface area (Å²) in [5.74, 6) is -2.23. The molecule has 1 aliphatic heterocycles. The normalized spacial score (nSPS) is 29.4. The summed E-state index contributed by atoms with van der Waals surface area (Å²) in [7, 11) is 0. The number of aliphatic hydroxyl groups excluding tert-OH is 4. The largest absolute Gasteiger partial charge is 0.480 e. The van der Waals surface area contributed by atoms with Gasteiger partial charge in [-0.05, 0) is 5.92 Å². The Bertz CT molecular complexity index is 668. The van der Waals surface area contributed by atoms with Gasteiger partial charge in [-0.3, -0.25) is 10.1 Å². The lowest BCUT2D eigenvalue weighted by Gasteiger charge is -2.42. The lowest BCUT2D eigenvalue weighted by molar-refractivity contribution is -0.238. The highest BCUT2D eigenvalue weighted by Gasteiger charge is 2.45. The molecule has 1 aliphatic rings. The molecule has 0 aromatic carbocycles. The highest BCUT2D eigenvalue weighted by Crippen LogP contribution is 2.21. The van der Waals surface area contributed by atoms with Crippen LogP contribution in [0.3, 0.4) is 0 Å². The summed E-state index contributed by atoms with van der Waals surface area (Å²) in [5, 5.41) is 53.8. The Morgan fingerprint density at radius 2 is 1.93 bits per heavy atom. The first-order valence-electron chi connectivity index (χ1n) is 9.22. The highest BCUT2D eigenvalue weighted by atomic mass is 16.6. The van der Waals surface area contributed by atoms with Crippen molar-refractivity contribution in [3.63, 3.8) is 0 Å². The second-order valence-corrected chi connectivity index (χ2v) is 7.32. The molecule has 29 heavy (non-hydrogen) atoms. The van der Waals surface area contributed by atoms with Crippen LogP contribution < -0.4 is 10.6 Å². The number of nitrogens with zero attached hydrogens (tertiary/aromatic N) is 1. The number of carbonyl (C=O) groups is 2. The van der Waals surface area contributed by atoms with E-state index < -0.39 is 61.2 Å². The Morgan fingerprint density at radius 3 is 2.45 bits per heavy atom. The quantitative estimate of drug-likeness (QED) is 0.204. The molecular weight excluding hydrogens is 388 g/mol. The van der Waals surface area contributed by atoms with E-state index in [1.165, 1.54) is 12.5 Å². The smallest absolute Gasteiger partial charge is 0.326 e. The van der Waals surface area contributed by atoms with E-state index in [0.29, 0.717) is 5.69 Å². The monoisotopic (exact) mass is 416 g/mol. The molecule has 1 amide bonds. The molecule has 0 spiro atoms. The van der Waals surface area contributed by atoms with Gasteiger partial charge in [0.2, 0.25) is 5.91 Å². The molecule has 1 unspecified atom stereocenters. The summed E-state index contributed by atoms with van der Waals surface area (Å²) >= 11 is 0. The van der Waals surface area contributed by atoms with Crippen molar-refractivity contribution in [2.75, 3.05) is 6.61 Å². The molecular formula is C17H28N4O8. The number of aromatic nitrogens is 2. The maximum absolute atomic E-state index is 12.7. The number of aliphatic carboxylic acids is 1. The third-order valence-electron chi connectivity index (χ3n) is 4.78. The van der Waals surface area contributed by atoms with Crippen LogP contribution in [0.25, 0.3) is 0 Å². The number of nitrogens with one attached hydrogen (secondary N) is 3. The van der Waals surface area contributed by atoms with Crippen LogP contribution in [-0.2, 0) is 20.7 Å². The fraction of sp³-hybridized carbons (Fsp3) is 0.706. The molecule has 1 fully saturated rings. The van der Waals surface area contributed by atoms with Gasteiger partial charge in [-0.1, -0.05) is 13.8 Å². The van der Waals surface area contributed by atoms with E-state index in [4.69, 9.17) is 4.74 Å². The molecule has 7 atom stereocenters. The average Bonchev–Trinajstić information content (AvgIpc) is 3.17. The standard InChI is InChI=1S/C17H28N4O8/c1-7(2)11(21-16-14(25)13(24)12(23)10(5-22)29-16)15(26)20-9(17(27)28)3-8-4-18-6-19-8/h4,6-7,9-14,16,21-25H,3,5H2,1-2H3,(H,18,19)(H,20,26)(H,27,28)/t9-,10+,11-,12+,13-,14+,16?/m0/s1. The minimum absolute atomic E-state index is 0.00800. The van der Waals surface area contributed by atoms with E-state index in [9.17, 15) is 35.1 Å². The Labute approximate surface area is 166 Å². The summed E-state index contributed by atoms with van der Waals surface area (Å²) in [6.07, 6.45) is -4.24. The molecule has 0 saturated carbocycles. The van der Waals surface area contributed by atoms with Crippen molar-refractivity contribution in [3.8, 4) is 0 Å². The zero-order chi connectivity index (χ0) is 21.7. The van der Waals surface area contributed by atoms with Gasteiger partial charge in [0.1, 0.15) is 36.7 Å². The maximum atomic E-state index is 12.7. The van der Waals surface area contributed by atoms with Crippen LogP contribution in [0.15, 0.2) is 12.5 Å². The number of H-pyrrole nitrogens is 1. The topological polar surface area (TPSA) is 197 Å². The number of aliphatic hydroxyl groups is 4. The van der Waals surface area contributed by atoms with Crippen molar-refractivity contribution in [1.82, 2.24) is 20.6 Å². The predicted molar refractivity (Wildman–Crippen MR) is 97.4 cm³/mol. The minimum atomic E-state index is -1.60. The molecule has 0 radical (unpaired) electrons. The average molecular weight is 416 g/mol. The number of imidazole rings is 1. The van der Waals surface area contributed by atoms with Crippen molar-refractivity contribution >= 4 is 11.9 Å². The van der Waals surface area contributed by atoms with Crippen LogP contribution in [0.1, 0.15) is 19.5 Å². The fourth-order valence-corrected chi connectivity index (χ4v) is 3.06. The van der Waals surface area contributed by atoms with Crippen molar-refractivity contribution in [2.24, 2.45) is 5.92 Å². The van der Waals surface area contributed by atoms with Gasteiger partial charge in [0.05, 0.1) is 19.0 Å². The van der Waals surface area contributed by atoms with Gasteiger partial charge >= 0.3 is 5.97 Å². The highest BCUT2D eigenvalue weighted by molar-refractivity contribution is 5.87. The number of hydrogen-bond donors (Lipinski definition) is 8. The second kappa shape index (κ2) is 10.1. The summed E-state index contributed by atoms with van der Waals surface area (Å²) in [6, 6.07) is -2.21. The van der Waals surface area contributed by atoms with Crippen LogP contribution in [0, 0.1) is 5.92 Å². The van der Waals surface area contributed by atoms with Gasteiger partial charge in [-0.2, -0.15) is 0 Å². The minimum Gasteiger partial charge on any atom is -0.480 e. The van der Waals surface area contributed by atoms with Gasteiger partial charge in [-0.25, -0.2) is 9.78 Å². The molecule has 0 bridgehead atoms. The first kappa shape index (κ1) is 23.2. The molecule has 0 aliphatic carbocycles. The van der Waals surface area contributed by atoms with Crippen LogP contribution in [-0.4, -0.2) is 96.7 Å². The Morgan fingerprint density at radius 1 is 1.24 bits per heavy atom. The lowest BCUT2D eigenvalue weighted by Crippen LogP contribution is -2.66. The Balaban J connectivity index is 2.09. The van der Waals surface area contributed by atoms with Crippen molar-refractivity contribution in [2.45, 2.75) is 63.0 Å². The molecule has 1 aromatic rings. The first-order valence-corrected chi connectivity index (χ1v) is 9.22. The van der Waals surface area contributed by atoms with Crippen LogP contribution >= 0.6 is 0 Å². The second-order valence-electron chi connectivity index (χ2n) is 7.32. The Hall–Kier alpha value is -2.09. The van der Waals surface area contributed by atoms with Gasteiger partial charge < -0.3 is 40.6 Å². The molecule has 12 heteroatoms. The van der Waals surface area contributed by atoms with Crippen LogP contribution in [0.2, 0.25) is 0 Å². The molecule has 8 N–H and O–H groups in total. The first-order chi connectivity index (χ1) is 13.6. The van der Waals surface area contributed by atoms with Crippen LogP contribution in [0.4, 0.5) is 0 Å². The van der Waals surface area contributed by atoms with Gasteiger partial charge in [-0.15, -0.1) is 0 Å². The zero-order valence-corrected chi connectivity index (χ0v) is 16.1. The van der Waals surface area contributed by atoms with E-state index in [1.54, 1.807) is 13.8 Å². The number of carboxylic acid groups (broad SMARTS) is 1. The number of carbonyl (C=O) groups excluding carboxylic acids is 1. The number of rotatable bonds is 9. The SMILES string of the molecule is CC(C)[C@H](NC1O[C@H](CO)[C@@H](O)[C@H](O)[C@H]1O)C(=O)N[C@@H](Cc1cnc[nH]1)C(=O)O. The molecule has 164 valence electrons. The molecule has 1 aromatic heterocycles. The lowest BCUT2D eigenvalue weighted by atomic mass is 9.96. The summed E-state index contributed by atoms with van der Waals surface area (Å²) in [5.41, 5.74) is 0.528. The molecule has 12 nitrogen and oxygen atoms in total. The number of ether oxygens (including phenoxy) is 1. The zero-order valence-electron chi connectivity index (χ0n) is 16.1. The van der Waals surface area contributed by atoms with Gasteiger partial charge in [0.25, 0.3) is 0 Å². The summed E-state index contributed by atoms with van der Waals surface area (Å²) in [6.45, 7) is 2.80. The van der Waals surface area contributed by atoms with Gasteiger partial charge in [0.15, 0.2) is 0 Å². The number of hydrogen-bond acceptors (Lipinski definition) is 9. The summed E-state index contributed by atoms with van der Waals surface area (Å²) in [4.78, 5) is 30.9. The fourth-order valence-electron chi connectivity index (χ4n) is 3.06. The van der Waals surface area contributed by atoms with Crippen LogP contribution in [0.5, 0.6) is 0 Å². The van der Waals surface area contributed by atoms with E-state index >= 15 is 0 Å². The molecule has 2 rings (SSSR count). The van der Waals surface area contributed by atoms with Crippen molar-refractivity contribution < 1.29 is 39.9 Å². The van der Waals surface area contributed by atoms with Crippen molar-refractivity contribution in [1.29, 1.82) is 0 Å². The number of aromatic amines is 1. The van der Waals surface area contributed by atoms with Gasteiger partial charge in [0, 0.05) is 18.3 Å². The van der Waals surface area contributed by atoms with E-state index in [1.807, 2.05) is 0 Å². The van der Waals surface area contributed by atoms with Crippen molar-refractivity contribution in [3.05, 3.63) is 18.2 Å². The van der Waals surface area contributed by atoms with E-state index in [0.717, 1.165) is 0 Å². The van der Waals surface area contributed by atoms with E-state index in [2.05, 4.69) is 20.6 Å². The van der Waals surface area contributed by atoms with E-state index in [-0.39, 0.29) is 12.3 Å². The molecule has 1 saturated heterocycles. The third kappa shape index (κ3) is 5.72. The number of carboxylic acids is 1. The molecule has 2 heterocycles. The predicted octanol–water partition coefficient (Wildman–Crippen LogP) is -3.06. The Kier molecular flexibility index (Phi) is 8.07.